The summed E-state index contributed by atoms with van der Waals surface area (Å²) in [6.45, 7) is 6.48. The molecule has 0 aromatic carbocycles. The van der Waals surface area contributed by atoms with Gasteiger partial charge in [-0.3, -0.25) is 14.4 Å². The molecule has 62 heavy (non-hydrogen) atoms. The van der Waals surface area contributed by atoms with Gasteiger partial charge in [0.15, 0.2) is 6.10 Å². The van der Waals surface area contributed by atoms with Crippen LogP contribution in [0.5, 0.6) is 0 Å². The Balaban J connectivity index is 4.51. The first-order chi connectivity index (χ1) is 30.5. The summed E-state index contributed by atoms with van der Waals surface area (Å²) in [4.78, 5) is 37.9. The maximum absolute atomic E-state index is 12.8. The van der Waals surface area contributed by atoms with Crippen LogP contribution in [-0.2, 0) is 28.6 Å². The van der Waals surface area contributed by atoms with E-state index in [0.717, 1.165) is 103 Å². The van der Waals surface area contributed by atoms with Crippen molar-refractivity contribution in [3.05, 3.63) is 85.1 Å². The molecular weight excluding hydrogens is 769 g/mol. The van der Waals surface area contributed by atoms with Crippen molar-refractivity contribution in [3.8, 4) is 0 Å². The van der Waals surface area contributed by atoms with Crippen LogP contribution in [0.4, 0.5) is 0 Å². The predicted octanol–water partition coefficient (Wildman–Crippen LogP) is 16.8. The Kier molecular flexibility index (Phi) is 47.5. The van der Waals surface area contributed by atoms with Crippen molar-refractivity contribution in [2.45, 2.75) is 239 Å². The standard InChI is InChI=1S/C56H94O6/c1-4-7-10-13-16-19-22-25-27-28-29-32-34-37-40-43-46-49-55(58)61-52-53(51-60-54(57)48-45-42-39-36-33-30-24-21-18-15-12-9-6-3)62-56(59)50-47-44-41-38-35-31-26-23-20-17-14-11-8-5-2/h14,16-17,19,21,23-27,29,32,37,40,53H,4-13,15,18,20,22,28,30-31,33-36,38-39,41-52H2,1-3H3/b17-14+,19-16+,24-21+,26-23+,27-25+,32-29+,40-37+/t53-/m1/s1. The SMILES string of the molecule is CCCC/C=C/C/C=C/CCCCCCCC(=O)O[C@@H](COC(=O)CCC/C=C/C/C=C/C/C=C/C/C=C/CCCCC)COC(=O)CCCCCCC/C=C/CCCCCC. The summed E-state index contributed by atoms with van der Waals surface area (Å²) in [5.74, 6) is -0.987. The molecule has 354 valence electrons. The minimum Gasteiger partial charge on any atom is -0.462 e. The Morgan fingerprint density at radius 3 is 1.06 bits per heavy atom. The van der Waals surface area contributed by atoms with Crippen molar-refractivity contribution >= 4 is 17.9 Å². The Labute approximate surface area is 382 Å². The highest BCUT2D eigenvalue weighted by Gasteiger charge is 2.19. The highest BCUT2D eigenvalue weighted by molar-refractivity contribution is 5.71. The van der Waals surface area contributed by atoms with E-state index in [2.05, 4.69) is 106 Å². The van der Waals surface area contributed by atoms with Crippen molar-refractivity contribution in [2.75, 3.05) is 13.2 Å². The van der Waals surface area contributed by atoms with Crippen molar-refractivity contribution < 1.29 is 28.6 Å². The number of allylic oxidation sites excluding steroid dienone is 14. The highest BCUT2D eigenvalue weighted by atomic mass is 16.6. The van der Waals surface area contributed by atoms with Crippen LogP contribution in [-0.4, -0.2) is 37.2 Å². The lowest BCUT2D eigenvalue weighted by Gasteiger charge is -2.18. The third-order valence-electron chi connectivity index (χ3n) is 10.6. The third-order valence-corrected chi connectivity index (χ3v) is 10.6. The van der Waals surface area contributed by atoms with Crippen LogP contribution in [0.1, 0.15) is 233 Å². The van der Waals surface area contributed by atoms with Crippen LogP contribution in [0.25, 0.3) is 0 Å². The Bertz CT molecular complexity index is 1220. The van der Waals surface area contributed by atoms with Crippen LogP contribution < -0.4 is 0 Å². The maximum atomic E-state index is 12.8. The molecule has 1 atom stereocenters. The molecule has 6 heteroatoms. The molecule has 0 saturated heterocycles. The summed E-state index contributed by atoms with van der Waals surface area (Å²) in [5, 5.41) is 0. The number of hydrogen-bond donors (Lipinski definition) is 0. The molecule has 0 unspecified atom stereocenters. The topological polar surface area (TPSA) is 78.9 Å². The van der Waals surface area contributed by atoms with E-state index in [1.807, 2.05) is 0 Å². The molecule has 0 aliphatic carbocycles. The van der Waals surface area contributed by atoms with Crippen molar-refractivity contribution in [1.29, 1.82) is 0 Å². The molecule has 0 spiro atoms. The van der Waals surface area contributed by atoms with Gasteiger partial charge in [0, 0.05) is 19.3 Å². The summed E-state index contributed by atoms with van der Waals surface area (Å²) in [7, 11) is 0. The minimum absolute atomic E-state index is 0.104. The fourth-order valence-electron chi connectivity index (χ4n) is 6.68. The van der Waals surface area contributed by atoms with Gasteiger partial charge >= 0.3 is 17.9 Å². The summed E-state index contributed by atoms with van der Waals surface area (Å²) >= 11 is 0. The molecule has 0 aliphatic heterocycles. The highest BCUT2D eigenvalue weighted by Crippen LogP contribution is 2.13. The normalized spacial score (nSPS) is 12.8. The molecule has 0 saturated carbocycles. The fraction of sp³-hybridized carbons (Fsp3) is 0.696. The van der Waals surface area contributed by atoms with Gasteiger partial charge in [-0.2, -0.15) is 0 Å². The van der Waals surface area contributed by atoms with E-state index in [0.29, 0.717) is 19.3 Å². The molecule has 0 radical (unpaired) electrons. The molecule has 6 nitrogen and oxygen atoms in total. The summed E-state index contributed by atoms with van der Waals surface area (Å²) in [6.07, 6.45) is 64.2. The zero-order valence-corrected chi connectivity index (χ0v) is 40.4. The number of ether oxygens (including phenoxy) is 3. The number of hydrogen-bond acceptors (Lipinski definition) is 6. The molecule has 0 amide bonds. The third kappa shape index (κ3) is 47.6. The van der Waals surface area contributed by atoms with Gasteiger partial charge in [-0.05, 0) is 109 Å². The van der Waals surface area contributed by atoms with E-state index in [9.17, 15) is 14.4 Å². The first kappa shape index (κ1) is 58.6. The van der Waals surface area contributed by atoms with E-state index in [4.69, 9.17) is 14.2 Å². The van der Waals surface area contributed by atoms with E-state index in [-0.39, 0.29) is 37.5 Å². The monoisotopic (exact) mass is 863 g/mol. The number of unbranched alkanes of at least 4 members (excludes halogenated alkanes) is 20. The lowest BCUT2D eigenvalue weighted by molar-refractivity contribution is -0.167. The Morgan fingerprint density at radius 2 is 0.613 bits per heavy atom. The van der Waals surface area contributed by atoms with Crippen molar-refractivity contribution in [3.63, 3.8) is 0 Å². The van der Waals surface area contributed by atoms with Gasteiger partial charge in [-0.25, -0.2) is 0 Å². The van der Waals surface area contributed by atoms with E-state index >= 15 is 0 Å². The van der Waals surface area contributed by atoms with Gasteiger partial charge in [-0.15, -0.1) is 0 Å². The molecule has 0 aromatic heterocycles. The first-order valence-electron chi connectivity index (χ1n) is 25.6. The second-order valence-electron chi connectivity index (χ2n) is 16.7. The first-order valence-corrected chi connectivity index (χ1v) is 25.6. The molecule has 0 aliphatic rings. The lowest BCUT2D eigenvalue weighted by Crippen LogP contribution is -2.30. The second kappa shape index (κ2) is 50.2. The zero-order chi connectivity index (χ0) is 45.1. The number of rotatable bonds is 45. The van der Waals surface area contributed by atoms with E-state index in [1.165, 1.54) is 83.5 Å². The number of esters is 3. The maximum Gasteiger partial charge on any atom is 0.306 e. The second-order valence-corrected chi connectivity index (χ2v) is 16.7. The Morgan fingerprint density at radius 1 is 0.323 bits per heavy atom. The van der Waals surface area contributed by atoms with Crippen molar-refractivity contribution in [1.82, 2.24) is 0 Å². The van der Waals surface area contributed by atoms with Gasteiger partial charge in [0.25, 0.3) is 0 Å². The molecule has 0 bridgehead atoms. The molecule has 0 aromatic rings. The number of carbonyl (C=O) groups excluding carboxylic acids is 3. The lowest BCUT2D eigenvalue weighted by atomic mass is 10.1. The van der Waals surface area contributed by atoms with E-state index in [1.54, 1.807) is 0 Å². The quantitative estimate of drug-likeness (QED) is 0.0263. The number of carbonyl (C=O) groups is 3. The van der Waals surface area contributed by atoms with Gasteiger partial charge in [0.1, 0.15) is 13.2 Å². The largest absolute Gasteiger partial charge is 0.462 e. The molecule has 0 N–H and O–H groups in total. The van der Waals surface area contributed by atoms with Gasteiger partial charge < -0.3 is 14.2 Å². The zero-order valence-electron chi connectivity index (χ0n) is 40.4. The fourth-order valence-corrected chi connectivity index (χ4v) is 6.68. The Hall–Kier alpha value is -3.41. The van der Waals surface area contributed by atoms with Gasteiger partial charge in [0.2, 0.25) is 0 Å². The van der Waals surface area contributed by atoms with Crippen LogP contribution in [0.2, 0.25) is 0 Å². The van der Waals surface area contributed by atoms with Crippen LogP contribution in [0.3, 0.4) is 0 Å². The summed E-state index contributed by atoms with van der Waals surface area (Å²) in [5.41, 5.74) is 0. The average Bonchev–Trinajstić information content (AvgIpc) is 3.27. The molecule has 0 fully saturated rings. The van der Waals surface area contributed by atoms with Gasteiger partial charge in [0.05, 0.1) is 0 Å². The summed E-state index contributed by atoms with van der Waals surface area (Å²) in [6, 6.07) is 0. The van der Waals surface area contributed by atoms with Crippen molar-refractivity contribution in [2.24, 2.45) is 0 Å². The van der Waals surface area contributed by atoms with Crippen LogP contribution in [0, 0.1) is 0 Å². The predicted molar refractivity (Wildman–Crippen MR) is 265 cm³/mol. The molecule has 0 rings (SSSR count). The molecular formula is C56H94O6. The summed E-state index contributed by atoms with van der Waals surface area (Å²) < 4.78 is 16.7. The minimum atomic E-state index is -0.808. The van der Waals surface area contributed by atoms with Crippen LogP contribution >= 0.6 is 0 Å². The smallest absolute Gasteiger partial charge is 0.306 e. The average molecular weight is 863 g/mol. The van der Waals surface area contributed by atoms with E-state index < -0.39 is 6.10 Å². The molecule has 0 heterocycles. The van der Waals surface area contributed by atoms with Gasteiger partial charge in [-0.1, -0.05) is 189 Å². The van der Waals surface area contributed by atoms with Crippen LogP contribution in [0.15, 0.2) is 85.1 Å².